The number of fused-ring (bicyclic) bond motifs is 1. The van der Waals surface area contributed by atoms with Gasteiger partial charge in [0.25, 0.3) is 0 Å². The monoisotopic (exact) mass is 398 g/mol. The summed E-state index contributed by atoms with van der Waals surface area (Å²) in [6.45, 7) is 4.54. The molecule has 146 valence electrons. The number of benzene rings is 2. The lowest BCUT2D eigenvalue weighted by Gasteiger charge is -2.41. The highest BCUT2D eigenvalue weighted by atomic mass is 35.5. The average molecular weight is 399 g/mol. The zero-order valence-corrected chi connectivity index (χ0v) is 16.5. The number of nitrogens with zero attached hydrogens (tertiary/aromatic N) is 2. The van der Waals surface area contributed by atoms with Crippen LogP contribution in [0.1, 0.15) is 12.5 Å². The van der Waals surface area contributed by atoms with Crippen LogP contribution in [0.2, 0.25) is 5.02 Å². The van der Waals surface area contributed by atoms with Gasteiger partial charge >= 0.3 is 0 Å². The first-order chi connectivity index (χ1) is 13.5. The molecule has 7 heteroatoms. The summed E-state index contributed by atoms with van der Waals surface area (Å²) in [5.74, 6) is 0.0908. The fourth-order valence-electron chi connectivity index (χ4n) is 3.83. The van der Waals surface area contributed by atoms with Crippen LogP contribution in [0.25, 0.3) is 0 Å². The fourth-order valence-corrected chi connectivity index (χ4v) is 3.96. The lowest BCUT2D eigenvalue weighted by Crippen LogP contribution is -2.54. The van der Waals surface area contributed by atoms with Crippen molar-refractivity contribution < 1.29 is 9.59 Å². The maximum atomic E-state index is 12.7. The normalized spacial score (nSPS) is 18.6. The van der Waals surface area contributed by atoms with Gasteiger partial charge in [0.2, 0.25) is 11.8 Å². The predicted molar refractivity (Wildman–Crippen MR) is 112 cm³/mol. The highest BCUT2D eigenvalue weighted by molar-refractivity contribution is 6.30. The molecule has 0 aromatic heterocycles. The first-order valence-corrected chi connectivity index (χ1v) is 9.84. The van der Waals surface area contributed by atoms with Gasteiger partial charge in [0.05, 0.1) is 13.0 Å². The standard InChI is InChI=1S/C21H23ClN4O2/c1-14-13-25(8-9-26(14)18-5-2-16(22)3-6-18)21(28)12-23-17-4-7-19-15(10-17)11-20(27)24-19/h2-7,10,14,23H,8-9,11-13H2,1H3,(H,24,27)/t14-/m1/s1. The molecule has 0 bridgehead atoms. The predicted octanol–water partition coefficient (Wildman–Crippen LogP) is 2.98. The average Bonchev–Trinajstić information content (AvgIpc) is 3.06. The molecule has 6 nitrogen and oxygen atoms in total. The molecule has 1 saturated heterocycles. The second kappa shape index (κ2) is 7.72. The molecule has 2 aliphatic heterocycles. The van der Waals surface area contributed by atoms with Gasteiger partial charge in [0, 0.05) is 47.8 Å². The van der Waals surface area contributed by atoms with Gasteiger partial charge in [-0.15, -0.1) is 0 Å². The molecule has 4 rings (SSSR count). The molecule has 2 heterocycles. The summed E-state index contributed by atoms with van der Waals surface area (Å²) in [7, 11) is 0. The van der Waals surface area contributed by atoms with Gasteiger partial charge < -0.3 is 20.4 Å². The van der Waals surface area contributed by atoms with Crippen molar-refractivity contribution in [2.75, 3.05) is 41.7 Å². The van der Waals surface area contributed by atoms with Crippen LogP contribution in [0.4, 0.5) is 17.1 Å². The molecule has 1 fully saturated rings. The number of carbonyl (C=O) groups excluding carboxylic acids is 2. The van der Waals surface area contributed by atoms with Gasteiger partial charge in [0.1, 0.15) is 0 Å². The smallest absolute Gasteiger partial charge is 0.242 e. The number of piperazine rings is 1. The van der Waals surface area contributed by atoms with Crippen LogP contribution < -0.4 is 15.5 Å². The number of nitrogens with one attached hydrogen (secondary N) is 2. The van der Waals surface area contributed by atoms with E-state index in [1.165, 1.54) is 0 Å². The van der Waals surface area contributed by atoms with Crippen molar-refractivity contribution >= 4 is 40.5 Å². The first kappa shape index (κ1) is 18.6. The summed E-state index contributed by atoms with van der Waals surface area (Å²) < 4.78 is 0. The third-order valence-electron chi connectivity index (χ3n) is 5.31. The number of carbonyl (C=O) groups is 2. The highest BCUT2D eigenvalue weighted by Gasteiger charge is 2.26. The maximum Gasteiger partial charge on any atom is 0.242 e. The quantitative estimate of drug-likeness (QED) is 0.831. The number of rotatable bonds is 4. The number of hydrogen-bond donors (Lipinski definition) is 2. The Morgan fingerprint density at radius 2 is 2.00 bits per heavy atom. The number of halogens is 1. The van der Waals surface area contributed by atoms with E-state index < -0.39 is 0 Å². The SMILES string of the molecule is C[C@@H]1CN(C(=O)CNc2ccc3c(c2)CC(=O)N3)CCN1c1ccc(Cl)cc1. The van der Waals surface area contributed by atoms with Crippen LogP contribution in [-0.4, -0.2) is 48.9 Å². The Kier molecular flexibility index (Phi) is 5.13. The van der Waals surface area contributed by atoms with Crippen molar-refractivity contribution in [2.24, 2.45) is 0 Å². The van der Waals surface area contributed by atoms with Crippen LogP contribution in [-0.2, 0) is 16.0 Å². The van der Waals surface area contributed by atoms with E-state index >= 15 is 0 Å². The highest BCUT2D eigenvalue weighted by Crippen LogP contribution is 2.26. The largest absolute Gasteiger partial charge is 0.376 e. The minimum Gasteiger partial charge on any atom is -0.376 e. The topological polar surface area (TPSA) is 64.7 Å². The third kappa shape index (κ3) is 3.92. The van der Waals surface area contributed by atoms with Crippen molar-refractivity contribution in [3.05, 3.63) is 53.1 Å². The summed E-state index contributed by atoms with van der Waals surface area (Å²) in [6.07, 6.45) is 0.392. The van der Waals surface area contributed by atoms with E-state index in [2.05, 4.69) is 22.5 Å². The molecule has 28 heavy (non-hydrogen) atoms. The molecule has 2 aromatic carbocycles. The minimum absolute atomic E-state index is 0.00997. The Hall–Kier alpha value is -2.73. The van der Waals surface area contributed by atoms with E-state index in [0.29, 0.717) is 19.5 Å². The van der Waals surface area contributed by atoms with Gasteiger partial charge in [-0.25, -0.2) is 0 Å². The molecule has 0 saturated carbocycles. The fraction of sp³-hybridized carbons (Fsp3) is 0.333. The second-order valence-corrected chi connectivity index (χ2v) is 7.75. The van der Waals surface area contributed by atoms with Crippen LogP contribution >= 0.6 is 11.6 Å². The maximum absolute atomic E-state index is 12.7. The number of hydrogen-bond acceptors (Lipinski definition) is 4. The van der Waals surface area contributed by atoms with Gasteiger partial charge in [-0.05, 0) is 55.0 Å². The summed E-state index contributed by atoms with van der Waals surface area (Å²) in [4.78, 5) is 28.3. The van der Waals surface area contributed by atoms with Crippen LogP contribution in [0.5, 0.6) is 0 Å². The zero-order chi connectivity index (χ0) is 19.7. The second-order valence-electron chi connectivity index (χ2n) is 7.31. The van der Waals surface area contributed by atoms with Crippen molar-refractivity contribution in [3.8, 4) is 0 Å². The zero-order valence-electron chi connectivity index (χ0n) is 15.7. The molecular formula is C21H23ClN4O2. The van der Waals surface area contributed by atoms with E-state index in [0.717, 1.165) is 34.2 Å². The molecule has 2 amide bonds. The van der Waals surface area contributed by atoms with E-state index in [1.807, 2.05) is 47.4 Å². The van der Waals surface area contributed by atoms with E-state index in [1.54, 1.807) is 0 Å². The molecule has 1 atom stereocenters. The van der Waals surface area contributed by atoms with Crippen LogP contribution in [0, 0.1) is 0 Å². The van der Waals surface area contributed by atoms with E-state index in [4.69, 9.17) is 11.6 Å². The first-order valence-electron chi connectivity index (χ1n) is 9.46. The van der Waals surface area contributed by atoms with Crippen LogP contribution in [0.15, 0.2) is 42.5 Å². The van der Waals surface area contributed by atoms with E-state index in [-0.39, 0.29) is 24.4 Å². The molecule has 2 aromatic rings. The Balaban J connectivity index is 1.32. The molecule has 2 aliphatic rings. The summed E-state index contributed by atoms with van der Waals surface area (Å²) >= 11 is 5.98. The molecular weight excluding hydrogens is 376 g/mol. The van der Waals surface area contributed by atoms with Crippen molar-refractivity contribution in [3.63, 3.8) is 0 Å². The van der Waals surface area contributed by atoms with Crippen molar-refractivity contribution in [1.29, 1.82) is 0 Å². The molecule has 0 radical (unpaired) electrons. The summed E-state index contributed by atoms with van der Waals surface area (Å²) in [6, 6.07) is 13.8. The Bertz CT molecular complexity index is 900. The Morgan fingerprint density at radius 3 is 2.75 bits per heavy atom. The van der Waals surface area contributed by atoms with Crippen molar-refractivity contribution in [2.45, 2.75) is 19.4 Å². The number of anilines is 3. The lowest BCUT2D eigenvalue weighted by atomic mass is 10.1. The van der Waals surface area contributed by atoms with Crippen molar-refractivity contribution in [1.82, 2.24) is 4.90 Å². The lowest BCUT2D eigenvalue weighted by molar-refractivity contribution is -0.130. The molecule has 0 unspecified atom stereocenters. The molecule has 2 N–H and O–H groups in total. The van der Waals surface area contributed by atoms with Gasteiger partial charge in [-0.2, -0.15) is 0 Å². The molecule has 0 aliphatic carbocycles. The number of amides is 2. The third-order valence-corrected chi connectivity index (χ3v) is 5.56. The summed E-state index contributed by atoms with van der Waals surface area (Å²) in [5.41, 5.74) is 3.81. The Labute approximate surface area is 169 Å². The van der Waals surface area contributed by atoms with Gasteiger partial charge in [0.15, 0.2) is 0 Å². The van der Waals surface area contributed by atoms with E-state index in [9.17, 15) is 9.59 Å². The molecule has 0 spiro atoms. The Morgan fingerprint density at radius 1 is 1.21 bits per heavy atom. The van der Waals surface area contributed by atoms with Gasteiger partial charge in [-0.1, -0.05) is 11.6 Å². The van der Waals surface area contributed by atoms with Crippen LogP contribution in [0.3, 0.4) is 0 Å². The summed E-state index contributed by atoms with van der Waals surface area (Å²) in [5, 5.41) is 6.73. The minimum atomic E-state index is 0.00997. The van der Waals surface area contributed by atoms with Gasteiger partial charge in [-0.3, -0.25) is 9.59 Å².